The van der Waals surface area contributed by atoms with Gasteiger partial charge in [0.15, 0.2) is 0 Å². The molecule has 0 aliphatic carbocycles. The van der Waals surface area contributed by atoms with Crippen molar-refractivity contribution < 1.29 is 14.3 Å². The minimum atomic E-state index is -1.00. The molecule has 2 aromatic carbocycles. The largest absolute Gasteiger partial charge is 0.465 e. The van der Waals surface area contributed by atoms with Crippen LogP contribution in [0.2, 0.25) is 10.0 Å². The fourth-order valence-corrected chi connectivity index (χ4v) is 4.79. The van der Waals surface area contributed by atoms with Crippen LogP contribution < -0.4 is 4.90 Å². The summed E-state index contributed by atoms with van der Waals surface area (Å²) in [5.41, 5.74) is 1.66. The standard InChI is InChI=1S/C26H25Cl2N5O3/c27-20-4-1-18(2-5-20)25-31-30-24(36-25)16-33(26(34)35)14-11-17-9-12-32(13-10-17)23-8-3-19-15-21(28)6-7-22(19)29-23/h1-8,15,17H,9-14,16H2,(H,34,35). The van der Waals surface area contributed by atoms with Gasteiger partial charge in [-0.2, -0.15) is 0 Å². The molecular weight excluding hydrogens is 501 g/mol. The van der Waals surface area contributed by atoms with Crippen molar-refractivity contribution >= 4 is 46.0 Å². The Balaban J connectivity index is 1.14. The highest BCUT2D eigenvalue weighted by Crippen LogP contribution is 2.27. The van der Waals surface area contributed by atoms with Crippen molar-refractivity contribution in [2.45, 2.75) is 25.8 Å². The highest BCUT2D eigenvalue weighted by Gasteiger charge is 2.23. The fraction of sp³-hybridized carbons (Fsp3) is 0.308. The summed E-state index contributed by atoms with van der Waals surface area (Å²) in [6, 6.07) is 16.8. The van der Waals surface area contributed by atoms with E-state index in [2.05, 4.69) is 21.2 Å². The molecule has 0 spiro atoms. The van der Waals surface area contributed by atoms with Crippen LogP contribution in [0.15, 0.2) is 59.0 Å². The summed E-state index contributed by atoms with van der Waals surface area (Å²) in [4.78, 5) is 20.3. The first-order chi connectivity index (χ1) is 17.4. The Kier molecular flexibility index (Phi) is 7.25. The number of hydrogen-bond donors (Lipinski definition) is 1. The summed E-state index contributed by atoms with van der Waals surface area (Å²) in [6.45, 7) is 2.24. The molecule has 36 heavy (non-hydrogen) atoms. The molecule has 1 N–H and O–H groups in total. The Morgan fingerprint density at radius 3 is 2.53 bits per heavy atom. The average Bonchev–Trinajstić information content (AvgIpc) is 3.35. The number of hydrogen-bond acceptors (Lipinski definition) is 6. The maximum Gasteiger partial charge on any atom is 0.407 e. The van der Waals surface area contributed by atoms with E-state index >= 15 is 0 Å². The van der Waals surface area contributed by atoms with Gasteiger partial charge in [-0.15, -0.1) is 10.2 Å². The summed E-state index contributed by atoms with van der Waals surface area (Å²) < 4.78 is 5.69. The zero-order valence-electron chi connectivity index (χ0n) is 19.5. The summed E-state index contributed by atoms with van der Waals surface area (Å²) in [5.74, 6) is 2.00. The van der Waals surface area contributed by atoms with Crippen molar-refractivity contribution in [1.82, 2.24) is 20.1 Å². The monoisotopic (exact) mass is 525 g/mol. The molecule has 4 aromatic rings. The van der Waals surface area contributed by atoms with Crippen LogP contribution in [0.1, 0.15) is 25.2 Å². The topological polar surface area (TPSA) is 95.6 Å². The normalized spacial score (nSPS) is 14.3. The second-order valence-corrected chi connectivity index (χ2v) is 9.81. The maximum absolute atomic E-state index is 11.9. The highest BCUT2D eigenvalue weighted by atomic mass is 35.5. The molecule has 1 aliphatic heterocycles. The predicted molar refractivity (Wildman–Crippen MR) is 139 cm³/mol. The third-order valence-corrected chi connectivity index (χ3v) is 7.02. The van der Waals surface area contributed by atoms with Gasteiger partial charge in [-0.05, 0) is 79.8 Å². The number of carboxylic acid groups (broad SMARTS) is 1. The minimum absolute atomic E-state index is 0.0554. The molecule has 0 unspecified atom stereocenters. The van der Waals surface area contributed by atoms with E-state index in [0.717, 1.165) is 54.6 Å². The summed E-state index contributed by atoms with van der Waals surface area (Å²) in [7, 11) is 0. The van der Waals surface area contributed by atoms with Crippen LogP contribution in [0.25, 0.3) is 22.4 Å². The number of aromatic nitrogens is 3. The number of carbonyl (C=O) groups is 1. The SMILES string of the molecule is O=C(O)N(CCC1CCN(c2ccc3cc(Cl)ccc3n2)CC1)Cc1nnc(-c2ccc(Cl)cc2)o1. The molecular formula is C26H25Cl2N5O3. The first-order valence-corrected chi connectivity index (χ1v) is 12.6. The molecule has 3 heterocycles. The lowest BCUT2D eigenvalue weighted by Crippen LogP contribution is -2.36. The van der Waals surface area contributed by atoms with Crippen molar-refractivity contribution in [3.05, 3.63) is 70.5 Å². The molecule has 0 saturated carbocycles. The highest BCUT2D eigenvalue weighted by molar-refractivity contribution is 6.31. The Morgan fingerprint density at radius 2 is 1.78 bits per heavy atom. The van der Waals surface area contributed by atoms with Crippen LogP contribution in [0, 0.1) is 5.92 Å². The summed E-state index contributed by atoms with van der Waals surface area (Å²) in [5, 5.41) is 20.1. The van der Waals surface area contributed by atoms with E-state index in [1.165, 1.54) is 4.90 Å². The number of halogens is 2. The number of rotatable bonds is 7. The van der Waals surface area contributed by atoms with Gasteiger partial charge < -0.3 is 14.4 Å². The average molecular weight is 526 g/mol. The number of anilines is 1. The molecule has 1 amide bonds. The van der Waals surface area contributed by atoms with Crippen LogP contribution >= 0.6 is 23.2 Å². The number of amides is 1. The smallest absolute Gasteiger partial charge is 0.407 e. The van der Waals surface area contributed by atoms with E-state index in [1.807, 2.05) is 24.3 Å². The first-order valence-electron chi connectivity index (χ1n) is 11.8. The van der Waals surface area contributed by atoms with Crippen LogP contribution in [-0.2, 0) is 6.54 Å². The fourth-order valence-electron chi connectivity index (χ4n) is 4.48. The van der Waals surface area contributed by atoms with Crippen LogP contribution in [0.5, 0.6) is 0 Å². The number of nitrogens with zero attached hydrogens (tertiary/aromatic N) is 5. The van der Waals surface area contributed by atoms with Gasteiger partial charge >= 0.3 is 6.09 Å². The van der Waals surface area contributed by atoms with E-state index < -0.39 is 6.09 Å². The Morgan fingerprint density at radius 1 is 1.03 bits per heavy atom. The van der Waals surface area contributed by atoms with Gasteiger partial charge in [0, 0.05) is 40.6 Å². The van der Waals surface area contributed by atoms with Gasteiger partial charge in [0.2, 0.25) is 11.8 Å². The van der Waals surface area contributed by atoms with Gasteiger partial charge in [0.1, 0.15) is 12.4 Å². The quantitative estimate of drug-likeness (QED) is 0.299. The molecule has 0 radical (unpaired) electrons. The van der Waals surface area contributed by atoms with E-state index in [9.17, 15) is 9.90 Å². The molecule has 186 valence electrons. The third-order valence-electron chi connectivity index (χ3n) is 6.54. The summed E-state index contributed by atoms with van der Waals surface area (Å²) in [6.07, 6.45) is 1.74. The molecule has 10 heteroatoms. The Labute approximate surface area is 218 Å². The lowest BCUT2D eigenvalue weighted by atomic mass is 9.93. The number of fused-ring (bicyclic) bond motifs is 1. The molecule has 5 rings (SSSR count). The summed E-state index contributed by atoms with van der Waals surface area (Å²) >= 11 is 12.0. The first kappa shape index (κ1) is 24.3. The predicted octanol–water partition coefficient (Wildman–Crippen LogP) is 6.38. The van der Waals surface area contributed by atoms with Crippen LogP contribution in [0.3, 0.4) is 0 Å². The number of piperidine rings is 1. The second-order valence-electron chi connectivity index (χ2n) is 8.94. The van der Waals surface area contributed by atoms with Crippen LogP contribution in [-0.4, -0.2) is 50.9 Å². The third kappa shape index (κ3) is 5.71. The molecule has 1 saturated heterocycles. The number of benzene rings is 2. The maximum atomic E-state index is 11.9. The molecule has 0 bridgehead atoms. The van der Waals surface area contributed by atoms with Crippen molar-refractivity contribution in [2.24, 2.45) is 5.92 Å². The van der Waals surface area contributed by atoms with Gasteiger partial charge in [0.25, 0.3) is 0 Å². The van der Waals surface area contributed by atoms with Gasteiger partial charge in [-0.1, -0.05) is 23.2 Å². The lowest BCUT2D eigenvalue weighted by molar-refractivity contribution is 0.133. The van der Waals surface area contributed by atoms with Crippen LogP contribution in [0.4, 0.5) is 10.6 Å². The van der Waals surface area contributed by atoms with Crippen molar-refractivity contribution in [2.75, 3.05) is 24.5 Å². The molecule has 1 fully saturated rings. The second kappa shape index (κ2) is 10.7. The number of pyridine rings is 1. The van der Waals surface area contributed by atoms with Gasteiger partial charge in [0.05, 0.1) is 5.52 Å². The van der Waals surface area contributed by atoms with E-state index in [1.54, 1.807) is 24.3 Å². The van der Waals surface area contributed by atoms with Crippen molar-refractivity contribution in [3.63, 3.8) is 0 Å². The van der Waals surface area contributed by atoms with E-state index in [-0.39, 0.29) is 12.4 Å². The molecule has 8 nitrogen and oxygen atoms in total. The van der Waals surface area contributed by atoms with Gasteiger partial charge in [-0.25, -0.2) is 9.78 Å². The van der Waals surface area contributed by atoms with E-state index in [0.29, 0.717) is 28.4 Å². The van der Waals surface area contributed by atoms with Crippen molar-refractivity contribution in [1.29, 1.82) is 0 Å². The van der Waals surface area contributed by atoms with Crippen molar-refractivity contribution in [3.8, 4) is 11.5 Å². The molecule has 2 aromatic heterocycles. The molecule has 0 atom stereocenters. The Bertz CT molecular complexity index is 1350. The van der Waals surface area contributed by atoms with E-state index in [4.69, 9.17) is 32.6 Å². The zero-order chi connectivity index (χ0) is 25.1. The minimum Gasteiger partial charge on any atom is -0.465 e. The van der Waals surface area contributed by atoms with Gasteiger partial charge in [-0.3, -0.25) is 4.90 Å². The Hall–Kier alpha value is -3.36. The zero-order valence-corrected chi connectivity index (χ0v) is 21.0. The molecule has 1 aliphatic rings. The lowest BCUT2D eigenvalue weighted by Gasteiger charge is -2.33.